The SMILES string of the molecule is C=CCNC(=O)COc1cccnc1Br. The number of amides is 1. The summed E-state index contributed by atoms with van der Waals surface area (Å²) in [5, 5.41) is 2.60. The molecule has 0 bridgehead atoms. The third-order valence-electron chi connectivity index (χ3n) is 1.53. The van der Waals surface area contributed by atoms with Crippen LogP contribution in [0.15, 0.2) is 35.6 Å². The monoisotopic (exact) mass is 270 g/mol. The summed E-state index contributed by atoms with van der Waals surface area (Å²) in [6.07, 6.45) is 3.24. The van der Waals surface area contributed by atoms with Crippen molar-refractivity contribution in [3.05, 3.63) is 35.6 Å². The van der Waals surface area contributed by atoms with E-state index < -0.39 is 0 Å². The van der Waals surface area contributed by atoms with Crippen LogP contribution in [-0.4, -0.2) is 24.0 Å². The minimum Gasteiger partial charge on any atom is -0.481 e. The fourth-order valence-electron chi connectivity index (χ4n) is 0.859. The summed E-state index contributed by atoms with van der Waals surface area (Å²) in [5.41, 5.74) is 0. The van der Waals surface area contributed by atoms with Gasteiger partial charge in [0.15, 0.2) is 12.4 Å². The van der Waals surface area contributed by atoms with E-state index >= 15 is 0 Å². The Labute approximate surface area is 96.5 Å². The molecule has 5 heteroatoms. The van der Waals surface area contributed by atoms with Crippen LogP contribution < -0.4 is 10.1 Å². The summed E-state index contributed by atoms with van der Waals surface area (Å²) >= 11 is 3.22. The first-order valence-corrected chi connectivity index (χ1v) is 5.14. The zero-order valence-electron chi connectivity index (χ0n) is 8.07. The molecular weight excluding hydrogens is 260 g/mol. The molecule has 80 valence electrons. The first-order chi connectivity index (χ1) is 7.24. The average Bonchev–Trinajstić information content (AvgIpc) is 2.25. The molecule has 0 atom stereocenters. The van der Waals surface area contributed by atoms with Gasteiger partial charge in [-0.15, -0.1) is 6.58 Å². The third kappa shape index (κ3) is 4.12. The molecule has 0 radical (unpaired) electrons. The van der Waals surface area contributed by atoms with Crippen molar-refractivity contribution in [3.63, 3.8) is 0 Å². The number of hydrogen-bond donors (Lipinski definition) is 1. The van der Waals surface area contributed by atoms with E-state index in [1.165, 1.54) is 0 Å². The van der Waals surface area contributed by atoms with Crippen LogP contribution in [0.4, 0.5) is 0 Å². The maximum absolute atomic E-state index is 11.2. The molecule has 0 spiro atoms. The molecule has 15 heavy (non-hydrogen) atoms. The van der Waals surface area contributed by atoms with Crippen LogP contribution in [0, 0.1) is 0 Å². The van der Waals surface area contributed by atoms with Crippen molar-refractivity contribution in [2.24, 2.45) is 0 Å². The summed E-state index contributed by atoms with van der Waals surface area (Å²) in [6, 6.07) is 3.47. The first-order valence-electron chi connectivity index (χ1n) is 4.35. The summed E-state index contributed by atoms with van der Waals surface area (Å²) in [5.74, 6) is 0.358. The lowest BCUT2D eigenvalue weighted by atomic mass is 10.4. The van der Waals surface area contributed by atoms with Gasteiger partial charge in [-0.2, -0.15) is 0 Å². The van der Waals surface area contributed by atoms with Gasteiger partial charge in [-0.05, 0) is 28.1 Å². The minimum atomic E-state index is -0.189. The van der Waals surface area contributed by atoms with Gasteiger partial charge >= 0.3 is 0 Å². The van der Waals surface area contributed by atoms with Crippen molar-refractivity contribution in [3.8, 4) is 5.75 Å². The van der Waals surface area contributed by atoms with Gasteiger partial charge in [-0.25, -0.2) is 4.98 Å². The van der Waals surface area contributed by atoms with Crippen molar-refractivity contribution in [1.29, 1.82) is 0 Å². The van der Waals surface area contributed by atoms with Gasteiger partial charge < -0.3 is 10.1 Å². The maximum atomic E-state index is 11.2. The zero-order valence-corrected chi connectivity index (χ0v) is 9.66. The number of nitrogens with zero attached hydrogens (tertiary/aromatic N) is 1. The van der Waals surface area contributed by atoms with Gasteiger partial charge in [-0.1, -0.05) is 6.08 Å². The van der Waals surface area contributed by atoms with Crippen LogP contribution >= 0.6 is 15.9 Å². The Morgan fingerprint density at radius 1 is 1.73 bits per heavy atom. The molecule has 0 aliphatic rings. The maximum Gasteiger partial charge on any atom is 0.258 e. The van der Waals surface area contributed by atoms with E-state index in [2.05, 4.69) is 32.8 Å². The smallest absolute Gasteiger partial charge is 0.258 e. The first kappa shape index (κ1) is 11.7. The van der Waals surface area contributed by atoms with E-state index in [-0.39, 0.29) is 12.5 Å². The topological polar surface area (TPSA) is 51.2 Å². The molecule has 0 unspecified atom stereocenters. The normalized spacial score (nSPS) is 9.40. The Morgan fingerprint density at radius 3 is 3.20 bits per heavy atom. The van der Waals surface area contributed by atoms with Gasteiger partial charge in [0.05, 0.1) is 0 Å². The van der Waals surface area contributed by atoms with E-state index in [1.807, 2.05) is 0 Å². The number of ether oxygens (including phenoxy) is 1. The summed E-state index contributed by atoms with van der Waals surface area (Å²) in [6.45, 7) is 3.90. The summed E-state index contributed by atoms with van der Waals surface area (Å²) < 4.78 is 5.82. The standard InChI is InChI=1S/C10H11BrN2O2/c1-2-5-12-9(14)7-15-8-4-3-6-13-10(8)11/h2-4,6H,1,5,7H2,(H,12,14). The second-order valence-electron chi connectivity index (χ2n) is 2.67. The molecule has 1 amide bonds. The van der Waals surface area contributed by atoms with E-state index in [4.69, 9.17) is 4.74 Å². The number of aromatic nitrogens is 1. The van der Waals surface area contributed by atoms with Crippen molar-refractivity contribution in [2.45, 2.75) is 0 Å². The van der Waals surface area contributed by atoms with Crippen molar-refractivity contribution in [1.82, 2.24) is 10.3 Å². The van der Waals surface area contributed by atoms with E-state index in [0.717, 1.165) is 0 Å². The van der Waals surface area contributed by atoms with Gasteiger partial charge in [0, 0.05) is 12.7 Å². The van der Waals surface area contributed by atoms with Crippen LogP contribution in [0.25, 0.3) is 0 Å². The molecule has 0 saturated heterocycles. The predicted molar refractivity (Wildman–Crippen MR) is 60.6 cm³/mol. The average molecular weight is 271 g/mol. The van der Waals surface area contributed by atoms with Crippen molar-refractivity contribution < 1.29 is 9.53 Å². The predicted octanol–water partition coefficient (Wildman–Crippen LogP) is 1.53. The second-order valence-corrected chi connectivity index (χ2v) is 3.42. The highest BCUT2D eigenvalue weighted by Crippen LogP contribution is 2.20. The molecule has 4 nitrogen and oxygen atoms in total. The zero-order chi connectivity index (χ0) is 11.1. The second kappa shape index (κ2) is 6.19. The van der Waals surface area contributed by atoms with E-state index in [1.54, 1.807) is 24.4 Å². The number of hydrogen-bond acceptors (Lipinski definition) is 3. The minimum absolute atomic E-state index is 0.0296. The van der Waals surface area contributed by atoms with Crippen LogP contribution in [-0.2, 0) is 4.79 Å². The molecule has 1 rings (SSSR count). The third-order valence-corrected chi connectivity index (χ3v) is 2.12. The lowest BCUT2D eigenvalue weighted by Crippen LogP contribution is -2.28. The number of rotatable bonds is 5. The molecule has 1 aromatic rings. The van der Waals surface area contributed by atoms with Gasteiger partial charge in [0.2, 0.25) is 0 Å². The van der Waals surface area contributed by atoms with Crippen LogP contribution in [0.5, 0.6) is 5.75 Å². The fourth-order valence-corrected chi connectivity index (χ4v) is 1.22. The van der Waals surface area contributed by atoms with Crippen molar-refractivity contribution >= 4 is 21.8 Å². The largest absolute Gasteiger partial charge is 0.481 e. The number of halogens is 1. The highest BCUT2D eigenvalue weighted by Gasteiger charge is 2.04. The lowest BCUT2D eigenvalue weighted by Gasteiger charge is -2.06. The molecule has 1 N–H and O–H groups in total. The van der Waals surface area contributed by atoms with E-state index in [0.29, 0.717) is 16.9 Å². The molecule has 0 fully saturated rings. The summed E-state index contributed by atoms with van der Waals surface area (Å²) in [7, 11) is 0. The van der Waals surface area contributed by atoms with Crippen LogP contribution in [0.1, 0.15) is 0 Å². The highest BCUT2D eigenvalue weighted by molar-refractivity contribution is 9.10. The Kier molecular flexibility index (Phi) is 4.83. The molecule has 0 aliphatic carbocycles. The Morgan fingerprint density at radius 2 is 2.53 bits per heavy atom. The van der Waals surface area contributed by atoms with Crippen LogP contribution in [0.3, 0.4) is 0 Å². The Hall–Kier alpha value is -1.36. The quantitative estimate of drug-likeness (QED) is 0.652. The van der Waals surface area contributed by atoms with Crippen LogP contribution in [0.2, 0.25) is 0 Å². The highest BCUT2D eigenvalue weighted by atomic mass is 79.9. The van der Waals surface area contributed by atoms with E-state index in [9.17, 15) is 4.79 Å². The molecular formula is C10H11BrN2O2. The Balaban J connectivity index is 2.40. The number of carbonyl (C=O) groups excluding carboxylic acids is 1. The summed E-state index contributed by atoms with van der Waals surface area (Å²) in [4.78, 5) is 15.1. The molecule has 1 heterocycles. The molecule has 0 aromatic carbocycles. The lowest BCUT2D eigenvalue weighted by molar-refractivity contribution is -0.122. The van der Waals surface area contributed by atoms with Gasteiger partial charge in [0.25, 0.3) is 5.91 Å². The van der Waals surface area contributed by atoms with Gasteiger partial charge in [-0.3, -0.25) is 4.79 Å². The number of nitrogens with one attached hydrogen (secondary N) is 1. The molecule has 0 saturated carbocycles. The van der Waals surface area contributed by atoms with Gasteiger partial charge in [0.1, 0.15) is 4.60 Å². The number of carbonyl (C=O) groups is 1. The molecule has 1 aromatic heterocycles. The fraction of sp³-hybridized carbons (Fsp3) is 0.200. The van der Waals surface area contributed by atoms with Crippen molar-refractivity contribution in [2.75, 3.05) is 13.2 Å². The molecule has 0 aliphatic heterocycles. The Bertz CT molecular complexity index is 355. The number of pyridine rings is 1.